The van der Waals surface area contributed by atoms with Crippen molar-refractivity contribution in [3.63, 3.8) is 0 Å². The maximum Gasteiger partial charge on any atom is 0.265 e. The summed E-state index contributed by atoms with van der Waals surface area (Å²) in [6.07, 6.45) is 2.27. The van der Waals surface area contributed by atoms with Crippen molar-refractivity contribution in [2.45, 2.75) is 24.7 Å². The predicted octanol–water partition coefficient (Wildman–Crippen LogP) is 1.37. The van der Waals surface area contributed by atoms with Crippen LogP contribution in [0.3, 0.4) is 0 Å². The summed E-state index contributed by atoms with van der Waals surface area (Å²) in [7, 11) is -0.447. The Labute approximate surface area is 188 Å². The molecule has 1 aromatic heterocycles. The minimum absolute atomic E-state index is 0.00869. The molecule has 0 aliphatic carbocycles. The number of amides is 2. The zero-order valence-electron chi connectivity index (χ0n) is 18.7. The van der Waals surface area contributed by atoms with E-state index in [1.165, 1.54) is 21.1 Å². The number of aromatic nitrogens is 1. The Bertz CT molecular complexity index is 1090. The van der Waals surface area contributed by atoms with Gasteiger partial charge in [-0.1, -0.05) is 12.1 Å². The summed E-state index contributed by atoms with van der Waals surface area (Å²) in [5.41, 5.74) is 6.52. The third-order valence-corrected chi connectivity index (χ3v) is 7.60. The molecule has 2 heterocycles. The molecule has 1 aromatic carbocycles. The molecule has 10 heteroatoms. The van der Waals surface area contributed by atoms with Crippen LogP contribution in [0.2, 0.25) is 0 Å². The number of likely N-dealkylation sites (N-methyl/N-ethyl adjacent to an activating group) is 1. The fourth-order valence-corrected chi connectivity index (χ4v) is 5.38. The molecule has 2 aromatic rings. The average Bonchev–Trinajstić information content (AvgIpc) is 3.16. The highest BCUT2D eigenvalue weighted by molar-refractivity contribution is 7.89. The van der Waals surface area contributed by atoms with Gasteiger partial charge in [-0.3, -0.25) is 9.59 Å². The van der Waals surface area contributed by atoms with Crippen LogP contribution in [0.4, 0.5) is 0 Å². The van der Waals surface area contributed by atoms with E-state index in [0.29, 0.717) is 26.0 Å². The van der Waals surface area contributed by atoms with Gasteiger partial charge in [-0.2, -0.15) is 4.31 Å². The lowest BCUT2D eigenvalue weighted by Crippen LogP contribution is -2.44. The van der Waals surface area contributed by atoms with Crippen molar-refractivity contribution >= 4 is 21.8 Å². The number of aryl methyl sites for hydroxylation is 2. The first-order valence-corrected chi connectivity index (χ1v) is 11.9. The molecule has 0 bridgehead atoms. The highest BCUT2D eigenvalue weighted by Gasteiger charge is 2.34. The van der Waals surface area contributed by atoms with Gasteiger partial charge in [-0.15, -0.1) is 0 Å². The number of piperidine rings is 1. The number of sulfonamides is 1. The molecular weight excluding hydrogens is 432 g/mol. The lowest BCUT2D eigenvalue weighted by molar-refractivity contribution is -0.135. The van der Waals surface area contributed by atoms with Gasteiger partial charge in [0.05, 0.1) is 6.54 Å². The lowest BCUT2D eigenvalue weighted by Gasteiger charge is -2.32. The molecule has 174 valence electrons. The van der Waals surface area contributed by atoms with Crippen molar-refractivity contribution in [1.29, 1.82) is 0 Å². The Balaban J connectivity index is 1.52. The van der Waals surface area contributed by atoms with Gasteiger partial charge in [0, 0.05) is 39.3 Å². The topological polar surface area (TPSA) is 115 Å². The van der Waals surface area contributed by atoms with E-state index in [0.717, 1.165) is 11.3 Å². The number of primary amides is 1. The van der Waals surface area contributed by atoms with Crippen molar-refractivity contribution < 1.29 is 22.7 Å². The smallest absolute Gasteiger partial charge is 0.265 e. The molecule has 0 radical (unpaired) electrons. The second-order valence-electron chi connectivity index (χ2n) is 8.14. The van der Waals surface area contributed by atoms with E-state index >= 15 is 0 Å². The van der Waals surface area contributed by atoms with E-state index in [1.807, 2.05) is 31.2 Å². The van der Waals surface area contributed by atoms with Crippen molar-refractivity contribution in [2.75, 3.05) is 33.3 Å². The zero-order chi connectivity index (χ0) is 23.5. The van der Waals surface area contributed by atoms with Crippen LogP contribution in [0.1, 0.15) is 28.9 Å². The molecule has 1 aliphatic heterocycles. The highest BCUT2D eigenvalue weighted by Crippen LogP contribution is 2.26. The summed E-state index contributed by atoms with van der Waals surface area (Å²) in [6, 6.07) is 9.02. The van der Waals surface area contributed by atoms with Crippen LogP contribution >= 0.6 is 0 Å². The monoisotopic (exact) mass is 462 g/mol. The molecule has 3 rings (SSSR count). The van der Waals surface area contributed by atoms with Crippen molar-refractivity contribution in [1.82, 2.24) is 13.8 Å². The number of carbonyl (C=O) groups is 2. The van der Waals surface area contributed by atoms with Crippen LogP contribution in [0.25, 0.3) is 0 Å². The number of carbonyl (C=O) groups excluding carboxylic acids is 2. The molecule has 0 saturated carbocycles. The largest absolute Gasteiger partial charge is 0.492 e. The highest BCUT2D eigenvalue weighted by atomic mass is 32.2. The molecular formula is C22H30N4O5S. The van der Waals surface area contributed by atoms with E-state index in [1.54, 1.807) is 19.0 Å². The molecule has 0 unspecified atom stereocenters. The second-order valence-corrected chi connectivity index (χ2v) is 10.1. The van der Waals surface area contributed by atoms with Crippen molar-refractivity contribution in [3.05, 3.63) is 47.8 Å². The number of hydrogen-bond acceptors (Lipinski definition) is 5. The second kappa shape index (κ2) is 9.74. The number of rotatable bonds is 8. The number of hydrogen-bond donors (Lipinski definition) is 1. The van der Waals surface area contributed by atoms with Gasteiger partial charge in [0.2, 0.25) is 15.9 Å². The third kappa shape index (κ3) is 5.31. The number of nitrogens with zero attached hydrogens (tertiary/aromatic N) is 3. The third-order valence-electron chi connectivity index (χ3n) is 5.73. The first-order chi connectivity index (χ1) is 15.1. The number of ether oxygens (including phenoxy) is 1. The quantitative estimate of drug-likeness (QED) is 0.636. The summed E-state index contributed by atoms with van der Waals surface area (Å²) in [5, 5.41) is 0. The van der Waals surface area contributed by atoms with Crippen LogP contribution in [-0.4, -0.2) is 67.3 Å². The Kier molecular flexibility index (Phi) is 7.25. The van der Waals surface area contributed by atoms with Gasteiger partial charge < -0.3 is 19.9 Å². The first kappa shape index (κ1) is 23.8. The maximum absolute atomic E-state index is 12.9. The van der Waals surface area contributed by atoms with Gasteiger partial charge in [0.15, 0.2) is 0 Å². The van der Waals surface area contributed by atoms with Gasteiger partial charge in [-0.05, 0) is 43.5 Å². The average molecular weight is 463 g/mol. The molecule has 1 saturated heterocycles. The minimum Gasteiger partial charge on any atom is -0.492 e. The Morgan fingerprint density at radius 1 is 1.22 bits per heavy atom. The fourth-order valence-electron chi connectivity index (χ4n) is 3.84. The molecule has 2 amide bonds. The van der Waals surface area contributed by atoms with Gasteiger partial charge >= 0.3 is 0 Å². The van der Waals surface area contributed by atoms with Crippen molar-refractivity contribution in [3.8, 4) is 5.75 Å². The summed E-state index contributed by atoms with van der Waals surface area (Å²) in [6.45, 7) is 3.31. The molecule has 1 aliphatic rings. The van der Waals surface area contributed by atoms with E-state index in [2.05, 4.69) is 0 Å². The van der Waals surface area contributed by atoms with Crippen LogP contribution in [0.5, 0.6) is 5.75 Å². The number of nitrogens with two attached hydrogens (primary N) is 1. The molecule has 1 fully saturated rings. The Morgan fingerprint density at radius 2 is 1.91 bits per heavy atom. The lowest BCUT2D eigenvalue weighted by atomic mass is 9.97. The predicted molar refractivity (Wildman–Crippen MR) is 120 cm³/mol. The molecule has 32 heavy (non-hydrogen) atoms. The summed E-state index contributed by atoms with van der Waals surface area (Å²) >= 11 is 0. The number of benzene rings is 1. The SMILES string of the molecule is Cc1cccc(OCCN(C)C(=O)C2CCN(S(=O)(=O)c3cc(C(N)=O)n(C)c3)CC2)c1. The van der Waals surface area contributed by atoms with E-state index < -0.39 is 15.9 Å². The van der Waals surface area contributed by atoms with E-state index in [-0.39, 0.29) is 35.5 Å². The molecule has 0 spiro atoms. The van der Waals surface area contributed by atoms with Crippen LogP contribution in [0, 0.1) is 12.8 Å². The van der Waals surface area contributed by atoms with Gasteiger partial charge in [0.1, 0.15) is 22.9 Å². The van der Waals surface area contributed by atoms with Crippen LogP contribution < -0.4 is 10.5 Å². The van der Waals surface area contributed by atoms with E-state index in [4.69, 9.17) is 10.5 Å². The summed E-state index contributed by atoms with van der Waals surface area (Å²) in [4.78, 5) is 25.9. The maximum atomic E-state index is 12.9. The van der Waals surface area contributed by atoms with E-state index in [9.17, 15) is 18.0 Å². The van der Waals surface area contributed by atoms with Crippen LogP contribution in [0.15, 0.2) is 41.4 Å². The van der Waals surface area contributed by atoms with Gasteiger partial charge in [-0.25, -0.2) is 8.42 Å². The normalized spacial score (nSPS) is 15.5. The molecule has 2 N–H and O–H groups in total. The molecule has 0 atom stereocenters. The Morgan fingerprint density at radius 3 is 2.50 bits per heavy atom. The minimum atomic E-state index is -3.76. The Hall–Kier alpha value is -2.85. The summed E-state index contributed by atoms with van der Waals surface area (Å²) in [5.74, 6) is -0.162. The van der Waals surface area contributed by atoms with Gasteiger partial charge in [0.25, 0.3) is 5.91 Å². The zero-order valence-corrected chi connectivity index (χ0v) is 19.5. The standard InChI is InChI=1S/C22H30N4O5S/c1-16-5-4-6-18(13-16)31-12-11-24(2)22(28)17-7-9-26(10-8-17)32(29,30)19-14-20(21(23)27)25(3)15-19/h4-6,13-15,17H,7-12H2,1-3H3,(H2,23,27). The van der Waals surface area contributed by atoms with Crippen LogP contribution in [-0.2, 0) is 21.9 Å². The molecule has 9 nitrogen and oxygen atoms in total. The summed E-state index contributed by atoms with van der Waals surface area (Å²) < 4.78 is 34.3. The van der Waals surface area contributed by atoms with Crippen molar-refractivity contribution in [2.24, 2.45) is 18.7 Å². The first-order valence-electron chi connectivity index (χ1n) is 10.5. The fraction of sp³-hybridized carbons (Fsp3) is 0.455.